The van der Waals surface area contributed by atoms with Crippen LogP contribution < -0.4 is 10.6 Å². The molecular weight excluding hydrogens is 311 g/mol. The summed E-state index contributed by atoms with van der Waals surface area (Å²) in [7, 11) is 1.69. The van der Waals surface area contributed by atoms with Gasteiger partial charge in [0.25, 0.3) is 0 Å². The van der Waals surface area contributed by atoms with Crippen molar-refractivity contribution in [2.45, 2.75) is 18.9 Å². The Balaban J connectivity index is 0.000000229. The standard InChI is InChI=1S/C13H11ClFN.C6H11N/c1-16-12-8-4-6-10(13(12)15)9-5-2-3-7-11(9)14;1-2-6-4-3-5-7-6/h2-8,16H,1H3;2,6-7H,1,3-5H2. The molecule has 0 aliphatic carbocycles. The predicted octanol–water partition coefficient (Wildman–Crippen LogP) is 5.11. The van der Waals surface area contributed by atoms with Crippen molar-refractivity contribution >= 4 is 17.3 Å². The summed E-state index contributed by atoms with van der Waals surface area (Å²) in [5.41, 5.74) is 1.69. The predicted molar refractivity (Wildman–Crippen MR) is 97.6 cm³/mol. The first-order chi connectivity index (χ1) is 11.2. The first kappa shape index (κ1) is 17.5. The fraction of sp³-hybridized carbons (Fsp3) is 0.263. The zero-order valence-corrected chi connectivity index (χ0v) is 14.0. The fourth-order valence-electron chi connectivity index (χ4n) is 2.53. The van der Waals surface area contributed by atoms with Crippen LogP contribution in [0.15, 0.2) is 55.1 Å². The molecule has 2 aromatic carbocycles. The summed E-state index contributed by atoms with van der Waals surface area (Å²) in [6.45, 7) is 4.86. The van der Waals surface area contributed by atoms with Crippen LogP contribution >= 0.6 is 11.6 Å². The molecule has 0 amide bonds. The lowest BCUT2D eigenvalue weighted by molar-refractivity contribution is 0.635. The maximum atomic E-state index is 14.0. The second kappa shape index (κ2) is 8.70. The van der Waals surface area contributed by atoms with Gasteiger partial charge in [-0.25, -0.2) is 4.39 Å². The largest absolute Gasteiger partial charge is 0.386 e. The van der Waals surface area contributed by atoms with E-state index in [1.165, 1.54) is 19.4 Å². The van der Waals surface area contributed by atoms with Gasteiger partial charge in [0, 0.05) is 29.2 Å². The average Bonchev–Trinajstić information content (AvgIpc) is 3.10. The van der Waals surface area contributed by atoms with E-state index in [-0.39, 0.29) is 5.82 Å². The Morgan fingerprint density at radius 3 is 2.52 bits per heavy atom. The van der Waals surface area contributed by atoms with Gasteiger partial charge in [-0.15, -0.1) is 6.58 Å². The number of nitrogens with one attached hydrogen (secondary N) is 2. The molecule has 2 N–H and O–H groups in total. The molecule has 1 aliphatic rings. The smallest absolute Gasteiger partial charge is 0.154 e. The summed E-state index contributed by atoms with van der Waals surface area (Å²) in [6, 6.07) is 13.0. The Labute approximate surface area is 142 Å². The molecule has 4 heteroatoms. The highest BCUT2D eigenvalue weighted by atomic mass is 35.5. The highest BCUT2D eigenvalue weighted by molar-refractivity contribution is 6.33. The Bertz CT molecular complexity index is 652. The van der Waals surface area contributed by atoms with Gasteiger partial charge < -0.3 is 10.6 Å². The second-order valence-corrected chi connectivity index (χ2v) is 5.74. The van der Waals surface area contributed by atoms with Crippen molar-refractivity contribution in [3.05, 3.63) is 66.0 Å². The maximum absolute atomic E-state index is 14.0. The topological polar surface area (TPSA) is 24.1 Å². The molecule has 0 radical (unpaired) electrons. The molecule has 2 nitrogen and oxygen atoms in total. The minimum Gasteiger partial charge on any atom is -0.386 e. The van der Waals surface area contributed by atoms with Crippen molar-refractivity contribution in [1.82, 2.24) is 5.32 Å². The van der Waals surface area contributed by atoms with Crippen LogP contribution in [0, 0.1) is 5.82 Å². The first-order valence-corrected chi connectivity index (χ1v) is 8.12. The highest BCUT2D eigenvalue weighted by Crippen LogP contribution is 2.32. The van der Waals surface area contributed by atoms with Gasteiger partial charge in [-0.1, -0.05) is 48.0 Å². The van der Waals surface area contributed by atoms with E-state index in [1.54, 1.807) is 37.4 Å². The Hall–Kier alpha value is -1.84. The zero-order chi connectivity index (χ0) is 16.7. The number of hydrogen-bond donors (Lipinski definition) is 2. The molecule has 2 aromatic rings. The summed E-state index contributed by atoms with van der Waals surface area (Å²) < 4.78 is 14.0. The normalized spacial score (nSPS) is 16.4. The molecule has 1 unspecified atom stereocenters. The average molecular weight is 333 g/mol. The van der Waals surface area contributed by atoms with Crippen molar-refractivity contribution in [3.8, 4) is 11.1 Å². The summed E-state index contributed by atoms with van der Waals surface area (Å²) in [5.74, 6) is -0.280. The third-order valence-corrected chi connectivity index (χ3v) is 4.14. The lowest BCUT2D eigenvalue weighted by Crippen LogP contribution is -2.17. The lowest BCUT2D eigenvalue weighted by Gasteiger charge is -2.09. The highest BCUT2D eigenvalue weighted by Gasteiger charge is 2.11. The van der Waals surface area contributed by atoms with Gasteiger partial charge in [0.15, 0.2) is 5.82 Å². The second-order valence-electron chi connectivity index (χ2n) is 5.34. The van der Waals surface area contributed by atoms with Crippen LogP contribution in [0.1, 0.15) is 12.8 Å². The molecule has 0 bridgehead atoms. The van der Waals surface area contributed by atoms with Crippen molar-refractivity contribution in [1.29, 1.82) is 0 Å². The van der Waals surface area contributed by atoms with Crippen LogP contribution in [0.5, 0.6) is 0 Å². The molecule has 1 fully saturated rings. The molecule has 1 aliphatic heterocycles. The minimum atomic E-state index is -0.280. The quantitative estimate of drug-likeness (QED) is 0.763. The number of benzene rings is 2. The lowest BCUT2D eigenvalue weighted by atomic mass is 10.0. The van der Waals surface area contributed by atoms with Gasteiger partial charge in [0.1, 0.15) is 0 Å². The summed E-state index contributed by atoms with van der Waals surface area (Å²) in [5, 5.41) is 6.65. The van der Waals surface area contributed by atoms with Gasteiger partial charge in [0.2, 0.25) is 0 Å². The maximum Gasteiger partial charge on any atom is 0.154 e. The fourth-order valence-corrected chi connectivity index (χ4v) is 2.76. The number of anilines is 1. The number of rotatable bonds is 3. The Kier molecular flexibility index (Phi) is 6.63. The van der Waals surface area contributed by atoms with Crippen molar-refractivity contribution in [2.75, 3.05) is 18.9 Å². The molecule has 122 valence electrons. The van der Waals surface area contributed by atoms with Crippen LogP contribution in [0.3, 0.4) is 0 Å². The number of hydrogen-bond acceptors (Lipinski definition) is 2. The molecule has 3 rings (SSSR count). The van der Waals surface area contributed by atoms with E-state index in [0.29, 0.717) is 27.9 Å². The summed E-state index contributed by atoms with van der Waals surface area (Å²) in [4.78, 5) is 0. The Morgan fingerprint density at radius 2 is 1.96 bits per heavy atom. The molecule has 1 atom stereocenters. The van der Waals surface area contributed by atoms with E-state index in [0.717, 1.165) is 0 Å². The molecule has 1 saturated heterocycles. The SMILES string of the molecule is C=CC1CCCN1.CNc1cccc(-c2ccccc2Cl)c1F. The minimum absolute atomic E-state index is 0.280. The van der Waals surface area contributed by atoms with E-state index in [9.17, 15) is 4.39 Å². The third-order valence-electron chi connectivity index (χ3n) is 3.82. The van der Waals surface area contributed by atoms with Crippen LogP contribution in [0.4, 0.5) is 10.1 Å². The van der Waals surface area contributed by atoms with Gasteiger partial charge in [-0.2, -0.15) is 0 Å². The monoisotopic (exact) mass is 332 g/mol. The third kappa shape index (κ3) is 4.57. The van der Waals surface area contributed by atoms with E-state index in [2.05, 4.69) is 17.2 Å². The van der Waals surface area contributed by atoms with E-state index < -0.39 is 0 Å². The molecule has 0 saturated carbocycles. The summed E-state index contributed by atoms with van der Waals surface area (Å²) >= 11 is 6.04. The number of halogens is 2. The van der Waals surface area contributed by atoms with Crippen molar-refractivity contribution in [3.63, 3.8) is 0 Å². The van der Waals surface area contributed by atoms with Gasteiger partial charge in [-0.3, -0.25) is 0 Å². The van der Waals surface area contributed by atoms with E-state index >= 15 is 0 Å². The van der Waals surface area contributed by atoms with E-state index in [1.807, 2.05) is 18.2 Å². The Morgan fingerprint density at radius 1 is 1.22 bits per heavy atom. The zero-order valence-electron chi connectivity index (χ0n) is 13.3. The van der Waals surface area contributed by atoms with Crippen LogP contribution in [-0.2, 0) is 0 Å². The molecule has 23 heavy (non-hydrogen) atoms. The van der Waals surface area contributed by atoms with Crippen LogP contribution in [0.25, 0.3) is 11.1 Å². The molecule has 1 heterocycles. The summed E-state index contributed by atoms with van der Waals surface area (Å²) in [6.07, 6.45) is 4.58. The van der Waals surface area contributed by atoms with Gasteiger partial charge in [0.05, 0.1) is 5.69 Å². The molecule has 0 spiro atoms. The molecular formula is C19H22ClFN2. The van der Waals surface area contributed by atoms with Crippen LogP contribution in [0.2, 0.25) is 5.02 Å². The van der Waals surface area contributed by atoms with Crippen molar-refractivity contribution < 1.29 is 4.39 Å². The van der Waals surface area contributed by atoms with Gasteiger partial charge in [-0.05, 0) is 31.5 Å². The van der Waals surface area contributed by atoms with Crippen molar-refractivity contribution in [2.24, 2.45) is 0 Å². The van der Waals surface area contributed by atoms with Crippen LogP contribution in [-0.4, -0.2) is 19.6 Å². The van der Waals surface area contributed by atoms with Gasteiger partial charge >= 0.3 is 0 Å². The van der Waals surface area contributed by atoms with E-state index in [4.69, 9.17) is 11.6 Å². The first-order valence-electron chi connectivity index (χ1n) is 7.74. The molecule has 0 aromatic heterocycles.